The van der Waals surface area contributed by atoms with Gasteiger partial charge in [0.1, 0.15) is 23.4 Å². The van der Waals surface area contributed by atoms with Gasteiger partial charge in [-0.05, 0) is 36.4 Å². The van der Waals surface area contributed by atoms with E-state index in [1.165, 1.54) is 0 Å². The molecule has 0 unspecified atom stereocenters. The molecule has 5 aromatic rings. The number of rotatable bonds is 8. The lowest BCUT2D eigenvalue weighted by atomic mass is 10.3. The van der Waals surface area contributed by atoms with Gasteiger partial charge in [-0.25, -0.2) is 9.36 Å². The number of aromatic nitrogens is 6. The summed E-state index contributed by atoms with van der Waals surface area (Å²) < 4.78 is 9.72. The van der Waals surface area contributed by atoms with Crippen molar-refractivity contribution in [2.75, 3.05) is 13.2 Å². The summed E-state index contributed by atoms with van der Waals surface area (Å²) in [4.78, 5) is 2.21. The van der Waals surface area contributed by atoms with Crippen molar-refractivity contribution in [3.8, 4) is 5.75 Å². The average Bonchev–Trinajstić information content (AvgIpc) is 3.39. The Morgan fingerprint density at radius 1 is 0.667 bits per heavy atom. The Labute approximate surface area is 173 Å². The largest absolute Gasteiger partial charge is 0.492 e. The summed E-state index contributed by atoms with van der Waals surface area (Å²) in [5, 5.41) is 17.2. The molecule has 5 rings (SSSR count). The topological polar surface area (TPSA) is 73.9 Å². The molecule has 0 atom stereocenters. The summed E-state index contributed by atoms with van der Waals surface area (Å²) in [6.45, 7) is 2.36. The molecule has 8 nitrogen and oxygen atoms in total. The quantitative estimate of drug-likeness (QED) is 0.399. The van der Waals surface area contributed by atoms with Crippen LogP contribution in [-0.2, 0) is 13.3 Å². The van der Waals surface area contributed by atoms with Crippen LogP contribution in [0.4, 0.5) is 0 Å². The Balaban J connectivity index is 1.36. The molecule has 0 N–H and O–H groups in total. The van der Waals surface area contributed by atoms with Gasteiger partial charge in [-0.2, -0.15) is 0 Å². The smallest absolute Gasteiger partial charge is 0.119 e. The van der Waals surface area contributed by atoms with Crippen LogP contribution in [0.5, 0.6) is 5.75 Å². The minimum absolute atomic E-state index is 0.545. The summed E-state index contributed by atoms with van der Waals surface area (Å²) in [7, 11) is 0. The molecule has 2 heterocycles. The number of ether oxygens (including phenoxy) is 1. The molecule has 0 aliphatic heterocycles. The van der Waals surface area contributed by atoms with Crippen LogP contribution in [0.15, 0.2) is 78.9 Å². The molecule has 3 aromatic carbocycles. The van der Waals surface area contributed by atoms with E-state index >= 15 is 0 Å². The molecule has 0 bridgehead atoms. The van der Waals surface area contributed by atoms with Crippen LogP contribution in [0.2, 0.25) is 0 Å². The Morgan fingerprint density at radius 3 is 1.80 bits per heavy atom. The lowest BCUT2D eigenvalue weighted by Gasteiger charge is -2.22. The SMILES string of the molecule is c1ccc(OCCN(Cn2nnc3ccccc32)Cn2nnc3ccccc32)cc1. The normalized spacial score (nSPS) is 11.5. The Morgan fingerprint density at radius 2 is 1.20 bits per heavy atom. The predicted octanol–water partition coefficient (Wildman–Crippen LogP) is 3.17. The summed E-state index contributed by atoms with van der Waals surface area (Å²) in [5.41, 5.74) is 3.75. The van der Waals surface area contributed by atoms with E-state index in [0.29, 0.717) is 26.5 Å². The fourth-order valence-corrected chi connectivity index (χ4v) is 3.42. The molecule has 0 spiro atoms. The van der Waals surface area contributed by atoms with Gasteiger partial charge in [0, 0.05) is 6.54 Å². The lowest BCUT2D eigenvalue weighted by Crippen LogP contribution is -2.33. The second-order valence-corrected chi connectivity index (χ2v) is 6.99. The van der Waals surface area contributed by atoms with Crippen molar-refractivity contribution in [1.29, 1.82) is 0 Å². The molecule has 0 saturated carbocycles. The van der Waals surface area contributed by atoms with Gasteiger partial charge in [-0.1, -0.05) is 52.9 Å². The van der Waals surface area contributed by atoms with Gasteiger partial charge in [0.25, 0.3) is 0 Å². The third-order valence-corrected chi connectivity index (χ3v) is 4.93. The van der Waals surface area contributed by atoms with E-state index in [-0.39, 0.29) is 0 Å². The van der Waals surface area contributed by atoms with E-state index in [2.05, 4.69) is 25.5 Å². The highest BCUT2D eigenvalue weighted by atomic mass is 16.5. The first-order valence-electron chi connectivity index (χ1n) is 9.83. The Bertz CT molecular complexity index is 1170. The van der Waals surface area contributed by atoms with Gasteiger partial charge in [-0.15, -0.1) is 10.2 Å². The highest BCUT2D eigenvalue weighted by Crippen LogP contribution is 2.14. The molecule has 0 fully saturated rings. The average molecular weight is 399 g/mol. The molecule has 0 amide bonds. The Kier molecular flexibility index (Phi) is 5.05. The summed E-state index contributed by atoms with van der Waals surface area (Å²) in [6.07, 6.45) is 0. The number of para-hydroxylation sites is 3. The number of benzene rings is 3. The molecule has 30 heavy (non-hydrogen) atoms. The van der Waals surface area contributed by atoms with E-state index in [9.17, 15) is 0 Å². The number of hydrogen-bond acceptors (Lipinski definition) is 6. The minimum atomic E-state index is 0.545. The van der Waals surface area contributed by atoms with Gasteiger partial charge in [0.2, 0.25) is 0 Å². The zero-order chi connectivity index (χ0) is 20.2. The molecule has 0 aliphatic carbocycles. The first kappa shape index (κ1) is 18.3. The van der Waals surface area contributed by atoms with Crippen LogP contribution in [0.1, 0.15) is 0 Å². The predicted molar refractivity (Wildman–Crippen MR) is 114 cm³/mol. The zero-order valence-corrected chi connectivity index (χ0v) is 16.4. The van der Waals surface area contributed by atoms with Crippen molar-refractivity contribution in [2.45, 2.75) is 13.3 Å². The molecular weight excluding hydrogens is 378 g/mol. The van der Waals surface area contributed by atoms with E-state index in [1.54, 1.807) is 0 Å². The van der Waals surface area contributed by atoms with Gasteiger partial charge in [0.15, 0.2) is 0 Å². The van der Waals surface area contributed by atoms with Crippen LogP contribution in [0.3, 0.4) is 0 Å². The van der Waals surface area contributed by atoms with E-state index in [4.69, 9.17) is 4.74 Å². The third kappa shape index (κ3) is 3.85. The first-order chi connectivity index (χ1) is 14.9. The maximum absolute atomic E-state index is 5.92. The van der Waals surface area contributed by atoms with Crippen molar-refractivity contribution < 1.29 is 4.74 Å². The Hall–Kier alpha value is -3.78. The van der Waals surface area contributed by atoms with Crippen molar-refractivity contribution in [3.63, 3.8) is 0 Å². The van der Waals surface area contributed by atoms with Crippen LogP contribution < -0.4 is 4.74 Å². The number of hydrogen-bond donors (Lipinski definition) is 0. The number of fused-ring (bicyclic) bond motifs is 2. The maximum atomic E-state index is 5.92. The van der Waals surface area contributed by atoms with Crippen LogP contribution in [-0.4, -0.2) is 48.0 Å². The summed E-state index contributed by atoms with van der Waals surface area (Å²) >= 11 is 0. The first-order valence-corrected chi connectivity index (χ1v) is 9.83. The fraction of sp³-hybridized carbons (Fsp3) is 0.182. The zero-order valence-electron chi connectivity index (χ0n) is 16.4. The molecule has 2 aromatic heterocycles. The van der Waals surface area contributed by atoms with E-state index in [0.717, 1.165) is 27.8 Å². The van der Waals surface area contributed by atoms with Crippen molar-refractivity contribution in [1.82, 2.24) is 34.9 Å². The van der Waals surface area contributed by atoms with Gasteiger partial charge < -0.3 is 4.74 Å². The fourth-order valence-electron chi connectivity index (χ4n) is 3.42. The second-order valence-electron chi connectivity index (χ2n) is 6.99. The molecule has 8 heteroatoms. The van der Waals surface area contributed by atoms with E-state index < -0.39 is 0 Å². The third-order valence-electron chi connectivity index (χ3n) is 4.93. The number of nitrogens with zero attached hydrogens (tertiary/aromatic N) is 7. The van der Waals surface area contributed by atoms with E-state index in [1.807, 2.05) is 88.2 Å². The molecule has 0 aliphatic rings. The van der Waals surface area contributed by atoms with Crippen LogP contribution in [0.25, 0.3) is 22.1 Å². The highest BCUT2D eigenvalue weighted by Gasteiger charge is 2.13. The minimum Gasteiger partial charge on any atom is -0.492 e. The van der Waals surface area contributed by atoms with Gasteiger partial charge in [-0.3, -0.25) is 4.90 Å². The van der Waals surface area contributed by atoms with Crippen LogP contribution >= 0.6 is 0 Å². The monoisotopic (exact) mass is 399 g/mol. The summed E-state index contributed by atoms with van der Waals surface area (Å²) in [6, 6.07) is 25.7. The molecular formula is C22H21N7O. The van der Waals surface area contributed by atoms with Gasteiger partial charge >= 0.3 is 0 Å². The molecule has 0 radical (unpaired) electrons. The molecule has 0 saturated heterocycles. The second kappa shape index (κ2) is 8.30. The van der Waals surface area contributed by atoms with Gasteiger partial charge in [0.05, 0.1) is 24.4 Å². The maximum Gasteiger partial charge on any atom is 0.119 e. The van der Waals surface area contributed by atoms with Crippen molar-refractivity contribution in [3.05, 3.63) is 78.9 Å². The standard InChI is InChI=1S/C22H21N7O/c1-2-8-18(9-3-1)30-15-14-27(16-28-21-12-6-4-10-19(21)23-25-28)17-29-22-13-7-5-11-20(22)24-26-29/h1-13H,14-17H2. The lowest BCUT2D eigenvalue weighted by molar-refractivity contribution is 0.128. The summed E-state index contributed by atoms with van der Waals surface area (Å²) in [5.74, 6) is 0.856. The van der Waals surface area contributed by atoms with Crippen molar-refractivity contribution in [2.24, 2.45) is 0 Å². The highest BCUT2D eigenvalue weighted by molar-refractivity contribution is 5.74. The van der Waals surface area contributed by atoms with Crippen LogP contribution in [0, 0.1) is 0 Å². The molecule has 150 valence electrons. The van der Waals surface area contributed by atoms with Crippen molar-refractivity contribution >= 4 is 22.1 Å².